The summed E-state index contributed by atoms with van der Waals surface area (Å²) in [5, 5.41) is 16.8. The van der Waals surface area contributed by atoms with E-state index < -0.39 is 11.1 Å². The van der Waals surface area contributed by atoms with Gasteiger partial charge in [0.05, 0.1) is 16.8 Å². The van der Waals surface area contributed by atoms with E-state index in [1.165, 1.54) is 0 Å². The summed E-state index contributed by atoms with van der Waals surface area (Å²) in [5.74, 6) is -0.383. The molecule has 0 aromatic carbocycles. The Morgan fingerprint density at radius 1 is 1.50 bits per heavy atom. The van der Waals surface area contributed by atoms with Crippen molar-refractivity contribution in [3.8, 4) is 0 Å². The Labute approximate surface area is 107 Å². The van der Waals surface area contributed by atoms with Crippen molar-refractivity contribution in [2.24, 2.45) is 0 Å². The average molecular weight is 254 g/mol. The number of nitrogens with two attached hydrogens (primary N) is 1. The molecule has 4 N–H and O–H groups in total. The van der Waals surface area contributed by atoms with Gasteiger partial charge in [-0.3, -0.25) is 9.48 Å². The Bertz CT molecular complexity index is 443. The molecule has 1 amide bonds. The fraction of sp³-hybridized carbons (Fsp3) is 0.667. The van der Waals surface area contributed by atoms with Crippen molar-refractivity contribution >= 4 is 11.6 Å². The van der Waals surface area contributed by atoms with Crippen LogP contribution in [-0.4, -0.2) is 31.9 Å². The Morgan fingerprint density at radius 2 is 2.06 bits per heavy atom. The predicted octanol–water partition coefficient (Wildman–Crippen LogP) is 0.764. The summed E-state index contributed by atoms with van der Waals surface area (Å²) < 4.78 is 1.60. The zero-order valence-electron chi connectivity index (χ0n) is 11.6. The number of aromatic nitrogens is 2. The number of nitrogens with one attached hydrogen (secondary N) is 1. The zero-order valence-corrected chi connectivity index (χ0v) is 11.6. The molecule has 0 saturated carbocycles. The second kappa shape index (κ2) is 4.61. The van der Waals surface area contributed by atoms with Gasteiger partial charge in [-0.1, -0.05) is 0 Å². The van der Waals surface area contributed by atoms with E-state index in [0.29, 0.717) is 12.2 Å². The highest BCUT2D eigenvalue weighted by Crippen LogP contribution is 2.21. The van der Waals surface area contributed by atoms with Crippen LogP contribution in [0, 0.1) is 0 Å². The van der Waals surface area contributed by atoms with Gasteiger partial charge in [0.15, 0.2) is 5.69 Å². The molecule has 1 aromatic rings. The highest BCUT2D eigenvalue weighted by Gasteiger charge is 2.37. The number of anilines is 1. The topological polar surface area (TPSA) is 93.2 Å². The van der Waals surface area contributed by atoms with Crippen LogP contribution in [0.5, 0.6) is 0 Å². The van der Waals surface area contributed by atoms with E-state index in [0.717, 1.165) is 0 Å². The summed E-state index contributed by atoms with van der Waals surface area (Å²) in [4.78, 5) is 12.1. The van der Waals surface area contributed by atoms with Crippen molar-refractivity contribution in [1.29, 1.82) is 0 Å². The number of amides is 1. The second-order valence-electron chi connectivity index (χ2n) is 5.43. The maximum Gasteiger partial charge on any atom is 0.274 e. The van der Waals surface area contributed by atoms with Gasteiger partial charge in [0, 0.05) is 12.7 Å². The first-order valence-corrected chi connectivity index (χ1v) is 5.96. The van der Waals surface area contributed by atoms with Crippen LogP contribution in [0.25, 0.3) is 0 Å². The van der Waals surface area contributed by atoms with Gasteiger partial charge in [0.1, 0.15) is 0 Å². The zero-order chi connectivity index (χ0) is 14.1. The summed E-state index contributed by atoms with van der Waals surface area (Å²) in [6, 6.07) is 0. The number of nitrogens with zero attached hydrogens (tertiary/aromatic N) is 2. The van der Waals surface area contributed by atoms with E-state index in [4.69, 9.17) is 5.73 Å². The lowest BCUT2D eigenvalue weighted by atomic mass is 9.86. The van der Waals surface area contributed by atoms with E-state index >= 15 is 0 Å². The molecule has 1 aromatic heterocycles. The van der Waals surface area contributed by atoms with Crippen LogP contribution in [0.4, 0.5) is 5.69 Å². The maximum absolute atomic E-state index is 12.1. The number of hydrogen-bond donors (Lipinski definition) is 3. The molecule has 1 heterocycles. The fourth-order valence-electron chi connectivity index (χ4n) is 1.27. The molecule has 0 aliphatic rings. The van der Waals surface area contributed by atoms with Crippen LogP contribution in [0.3, 0.4) is 0 Å². The highest BCUT2D eigenvalue weighted by atomic mass is 16.3. The van der Waals surface area contributed by atoms with E-state index in [-0.39, 0.29) is 11.6 Å². The molecule has 0 aliphatic carbocycles. The predicted molar refractivity (Wildman–Crippen MR) is 70.2 cm³/mol. The Hall–Kier alpha value is -1.56. The monoisotopic (exact) mass is 254 g/mol. The molecule has 18 heavy (non-hydrogen) atoms. The SMILES string of the molecule is CCn1cc(N)c(C(=O)NC(C)(C)C(C)(C)O)n1. The van der Waals surface area contributed by atoms with E-state index in [1.807, 2.05) is 6.92 Å². The van der Waals surface area contributed by atoms with E-state index in [2.05, 4.69) is 10.4 Å². The van der Waals surface area contributed by atoms with Crippen LogP contribution in [-0.2, 0) is 6.54 Å². The molecule has 0 aliphatic heterocycles. The van der Waals surface area contributed by atoms with Crippen LogP contribution in [0.15, 0.2) is 6.20 Å². The fourth-order valence-corrected chi connectivity index (χ4v) is 1.27. The quantitative estimate of drug-likeness (QED) is 0.739. The molecular weight excluding hydrogens is 232 g/mol. The van der Waals surface area contributed by atoms with Crippen LogP contribution in [0.1, 0.15) is 45.1 Å². The summed E-state index contributed by atoms with van der Waals surface area (Å²) in [6.45, 7) is 9.33. The molecule has 0 spiro atoms. The van der Waals surface area contributed by atoms with Gasteiger partial charge in [-0.15, -0.1) is 0 Å². The normalized spacial score (nSPS) is 12.6. The van der Waals surface area contributed by atoms with Gasteiger partial charge in [-0.25, -0.2) is 0 Å². The molecule has 0 radical (unpaired) electrons. The lowest BCUT2D eigenvalue weighted by Gasteiger charge is -2.37. The minimum absolute atomic E-state index is 0.189. The van der Waals surface area contributed by atoms with Crippen molar-refractivity contribution in [1.82, 2.24) is 15.1 Å². The Morgan fingerprint density at radius 3 is 2.44 bits per heavy atom. The number of aliphatic hydroxyl groups is 1. The van der Waals surface area contributed by atoms with Crippen LogP contribution < -0.4 is 11.1 Å². The van der Waals surface area contributed by atoms with Gasteiger partial charge in [0.25, 0.3) is 5.91 Å². The number of carbonyl (C=O) groups is 1. The number of carbonyl (C=O) groups excluding carboxylic acids is 1. The van der Waals surface area contributed by atoms with Crippen molar-refractivity contribution in [2.45, 2.75) is 52.3 Å². The first-order chi connectivity index (χ1) is 8.08. The van der Waals surface area contributed by atoms with Crippen molar-refractivity contribution in [3.05, 3.63) is 11.9 Å². The molecule has 0 unspecified atom stereocenters. The van der Waals surface area contributed by atoms with E-state index in [1.54, 1.807) is 38.6 Å². The molecule has 6 nitrogen and oxygen atoms in total. The van der Waals surface area contributed by atoms with E-state index in [9.17, 15) is 9.90 Å². The van der Waals surface area contributed by atoms with Crippen LogP contribution in [0.2, 0.25) is 0 Å². The molecule has 102 valence electrons. The molecule has 0 bridgehead atoms. The highest BCUT2D eigenvalue weighted by molar-refractivity contribution is 5.97. The van der Waals surface area contributed by atoms with Gasteiger partial charge in [0.2, 0.25) is 0 Å². The van der Waals surface area contributed by atoms with Gasteiger partial charge < -0.3 is 16.2 Å². The number of aryl methyl sites for hydroxylation is 1. The molecule has 0 atom stereocenters. The summed E-state index contributed by atoms with van der Waals surface area (Å²) in [5.41, 5.74) is 4.43. The minimum atomic E-state index is -1.05. The number of rotatable bonds is 4. The summed E-state index contributed by atoms with van der Waals surface area (Å²) in [6.07, 6.45) is 1.62. The third-order valence-corrected chi connectivity index (χ3v) is 3.28. The molecule has 0 fully saturated rings. The lowest BCUT2D eigenvalue weighted by molar-refractivity contribution is -0.00302. The molecule has 6 heteroatoms. The Balaban J connectivity index is 2.92. The third-order valence-electron chi connectivity index (χ3n) is 3.28. The minimum Gasteiger partial charge on any atom is -0.396 e. The first kappa shape index (κ1) is 14.5. The lowest BCUT2D eigenvalue weighted by Crippen LogP contribution is -2.57. The van der Waals surface area contributed by atoms with Crippen molar-refractivity contribution in [2.75, 3.05) is 5.73 Å². The molecule has 0 saturated heterocycles. The maximum atomic E-state index is 12.1. The first-order valence-electron chi connectivity index (χ1n) is 5.96. The largest absolute Gasteiger partial charge is 0.396 e. The van der Waals surface area contributed by atoms with Crippen LogP contribution >= 0.6 is 0 Å². The summed E-state index contributed by atoms with van der Waals surface area (Å²) in [7, 11) is 0. The van der Waals surface area contributed by atoms with Crippen molar-refractivity contribution in [3.63, 3.8) is 0 Å². The Kier molecular flexibility index (Phi) is 3.71. The third kappa shape index (κ3) is 2.81. The van der Waals surface area contributed by atoms with Gasteiger partial charge >= 0.3 is 0 Å². The molecule has 1 rings (SSSR count). The second-order valence-corrected chi connectivity index (χ2v) is 5.43. The molecular formula is C12H22N4O2. The smallest absolute Gasteiger partial charge is 0.274 e. The van der Waals surface area contributed by atoms with Gasteiger partial charge in [-0.05, 0) is 34.6 Å². The van der Waals surface area contributed by atoms with Gasteiger partial charge in [-0.2, -0.15) is 5.10 Å². The number of nitrogen functional groups attached to an aromatic ring is 1. The van der Waals surface area contributed by atoms with Crippen molar-refractivity contribution < 1.29 is 9.90 Å². The average Bonchev–Trinajstić information content (AvgIpc) is 2.57. The standard InChI is InChI=1S/C12H22N4O2/c1-6-16-7-8(13)9(15-16)10(17)14-11(2,3)12(4,5)18/h7,18H,6,13H2,1-5H3,(H,14,17). The number of hydrogen-bond acceptors (Lipinski definition) is 4. The summed E-state index contributed by atoms with van der Waals surface area (Å²) >= 11 is 0.